The van der Waals surface area contributed by atoms with E-state index in [9.17, 15) is 4.39 Å². The first-order valence-corrected chi connectivity index (χ1v) is 3.39. The van der Waals surface area contributed by atoms with Gasteiger partial charge in [0.05, 0.1) is 0 Å². The SMILES string of the molecule is F[CH-]CCc1ccccc1.[Au+]. The van der Waals surface area contributed by atoms with Crippen LogP contribution in [-0.2, 0) is 28.8 Å². The molecule has 0 bridgehead atoms. The van der Waals surface area contributed by atoms with Crippen LogP contribution in [0.5, 0.6) is 0 Å². The first-order valence-electron chi connectivity index (χ1n) is 3.39. The fourth-order valence-corrected chi connectivity index (χ4v) is 0.866. The Morgan fingerprint density at radius 3 is 2.36 bits per heavy atom. The molecule has 0 N–H and O–H groups in total. The van der Waals surface area contributed by atoms with Crippen molar-refractivity contribution < 1.29 is 26.8 Å². The maximum Gasteiger partial charge on any atom is 1.00 e. The van der Waals surface area contributed by atoms with Gasteiger partial charge in [-0.25, -0.2) is 0 Å². The van der Waals surface area contributed by atoms with Crippen molar-refractivity contribution in [3.8, 4) is 0 Å². The number of benzene rings is 1. The molecule has 0 unspecified atom stereocenters. The monoisotopic (exact) mass is 334 g/mol. The predicted octanol–water partition coefficient (Wildman–Crippen LogP) is 2.75. The first kappa shape index (κ1) is 10.9. The molecule has 0 aromatic heterocycles. The Labute approximate surface area is 82.3 Å². The van der Waals surface area contributed by atoms with Gasteiger partial charge >= 0.3 is 22.4 Å². The van der Waals surface area contributed by atoms with Crippen molar-refractivity contribution in [3.63, 3.8) is 0 Å². The Bertz CT molecular complexity index is 174. The molecule has 2 heteroatoms. The maximum atomic E-state index is 11.6. The van der Waals surface area contributed by atoms with E-state index in [1.807, 2.05) is 30.3 Å². The molecule has 0 fully saturated rings. The molecule has 11 heavy (non-hydrogen) atoms. The molecule has 1 aromatic carbocycles. The van der Waals surface area contributed by atoms with E-state index in [4.69, 9.17) is 0 Å². The van der Waals surface area contributed by atoms with E-state index in [-0.39, 0.29) is 22.4 Å². The topological polar surface area (TPSA) is 0 Å². The van der Waals surface area contributed by atoms with Crippen LogP contribution in [0.1, 0.15) is 12.0 Å². The summed E-state index contributed by atoms with van der Waals surface area (Å²) < 4.78 is 11.6. The summed E-state index contributed by atoms with van der Waals surface area (Å²) in [6.45, 7) is 0.701. The first-order chi connectivity index (χ1) is 4.93. The summed E-state index contributed by atoms with van der Waals surface area (Å²) >= 11 is 0. The minimum absolute atomic E-state index is 0. The van der Waals surface area contributed by atoms with Gasteiger partial charge in [0.25, 0.3) is 0 Å². The average molecular weight is 334 g/mol. The summed E-state index contributed by atoms with van der Waals surface area (Å²) in [5.74, 6) is 0. The van der Waals surface area contributed by atoms with Crippen LogP contribution in [0.25, 0.3) is 0 Å². The Morgan fingerprint density at radius 1 is 1.18 bits per heavy atom. The summed E-state index contributed by atoms with van der Waals surface area (Å²) in [5.41, 5.74) is 1.19. The Balaban J connectivity index is 0.000001000. The van der Waals surface area contributed by atoms with E-state index in [1.165, 1.54) is 5.56 Å². The third kappa shape index (κ3) is 4.36. The maximum absolute atomic E-state index is 11.6. The normalized spacial score (nSPS) is 8.82. The van der Waals surface area contributed by atoms with Gasteiger partial charge in [-0.3, -0.25) is 0 Å². The molecule has 0 aliphatic carbocycles. The van der Waals surface area contributed by atoms with Gasteiger partial charge in [0.2, 0.25) is 0 Å². The van der Waals surface area contributed by atoms with E-state index in [0.29, 0.717) is 13.1 Å². The zero-order valence-corrected chi connectivity index (χ0v) is 8.22. The summed E-state index contributed by atoms with van der Waals surface area (Å²) in [7, 11) is 0. The standard InChI is InChI=1S/C9H10F.Au/c10-8-4-7-9-5-2-1-3-6-9;/h1-3,5-6,8H,4,7H2;/q-1;+1. The second kappa shape index (κ2) is 6.59. The van der Waals surface area contributed by atoms with Crippen LogP contribution in [-0.4, -0.2) is 0 Å². The molecule has 0 heterocycles. The van der Waals surface area contributed by atoms with Crippen LogP contribution in [0.4, 0.5) is 4.39 Å². The van der Waals surface area contributed by atoms with Crippen molar-refractivity contribution in [1.82, 2.24) is 0 Å². The van der Waals surface area contributed by atoms with Crippen molar-refractivity contribution in [2.24, 2.45) is 0 Å². The van der Waals surface area contributed by atoms with Crippen molar-refractivity contribution in [2.75, 3.05) is 0 Å². The second-order valence-electron chi connectivity index (χ2n) is 2.18. The third-order valence-electron chi connectivity index (χ3n) is 1.38. The number of hydrogen-bond donors (Lipinski definition) is 0. The molecule has 64 valence electrons. The molecule has 1 aromatic rings. The van der Waals surface area contributed by atoms with Gasteiger partial charge in [-0.15, -0.1) is 6.42 Å². The van der Waals surface area contributed by atoms with Crippen molar-refractivity contribution >= 4 is 0 Å². The van der Waals surface area contributed by atoms with Gasteiger partial charge in [0.1, 0.15) is 0 Å². The van der Waals surface area contributed by atoms with Crippen LogP contribution >= 0.6 is 0 Å². The molecular formula is C9H10AuF. The van der Waals surface area contributed by atoms with Crippen molar-refractivity contribution in [3.05, 3.63) is 42.6 Å². The van der Waals surface area contributed by atoms with E-state index < -0.39 is 0 Å². The number of aryl methyl sites for hydroxylation is 1. The smallest absolute Gasteiger partial charge is 0.459 e. The molecule has 0 aliphatic rings. The van der Waals surface area contributed by atoms with Gasteiger partial charge in [-0.05, 0) is 0 Å². The molecule has 0 saturated heterocycles. The second-order valence-corrected chi connectivity index (χ2v) is 2.18. The summed E-state index contributed by atoms with van der Waals surface area (Å²) in [6, 6.07) is 9.90. The summed E-state index contributed by atoms with van der Waals surface area (Å²) in [5, 5.41) is 0. The molecule has 1 rings (SSSR count). The molecule has 0 saturated carbocycles. The fraction of sp³-hybridized carbons (Fsp3) is 0.222. The number of hydrogen-bond acceptors (Lipinski definition) is 0. The van der Waals surface area contributed by atoms with Gasteiger partial charge in [-0.1, -0.05) is 42.3 Å². The molecule has 0 aliphatic heterocycles. The van der Waals surface area contributed by atoms with Crippen LogP contribution in [0.15, 0.2) is 30.3 Å². The van der Waals surface area contributed by atoms with Gasteiger partial charge in [0, 0.05) is 0 Å². The molecule has 0 amide bonds. The minimum atomic E-state index is 0. The average Bonchev–Trinajstić information content (AvgIpc) is 2.03. The molecule has 0 spiro atoms. The van der Waals surface area contributed by atoms with Crippen LogP contribution < -0.4 is 0 Å². The van der Waals surface area contributed by atoms with Crippen LogP contribution in [0.2, 0.25) is 0 Å². The minimum Gasteiger partial charge on any atom is -0.459 e. The van der Waals surface area contributed by atoms with E-state index in [0.717, 1.165) is 6.42 Å². The number of rotatable bonds is 3. The van der Waals surface area contributed by atoms with Crippen molar-refractivity contribution in [2.45, 2.75) is 12.8 Å². The predicted molar refractivity (Wildman–Crippen MR) is 40.2 cm³/mol. The van der Waals surface area contributed by atoms with Crippen LogP contribution in [0.3, 0.4) is 0 Å². The largest absolute Gasteiger partial charge is 1.00 e. The van der Waals surface area contributed by atoms with Gasteiger partial charge < -0.3 is 4.39 Å². The molecule has 0 atom stereocenters. The Morgan fingerprint density at radius 2 is 1.82 bits per heavy atom. The van der Waals surface area contributed by atoms with Crippen molar-refractivity contribution in [1.29, 1.82) is 0 Å². The Kier molecular flexibility index (Phi) is 6.53. The molecule has 0 nitrogen and oxygen atoms in total. The van der Waals surface area contributed by atoms with E-state index in [2.05, 4.69) is 0 Å². The third-order valence-corrected chi connectivity index (χ3v) is 1.38. The van der Waals surface area contributed by atoms with Gasteiger partial charge in [0.15, 0.2) is 0 Å². The zero-order chi connectivity index (χ0) is 7.23. The molecule has 0 radical (unpaired) electrons. The van der Waals surface area contributed by atoms with E-state index in [1.54, 1.807) is 0 Å². The summed E-state index contributed by atoms with van der Waals surface area (Å²) in [6.07, 6.45) is 1.32. The quantitative estimate of drug-likeness (QED) is 0.589. The molecular weight excluding hydrogens is 324 g/mol. The van der Waals surface area contributed by atoms with Gasteiger partial charge in [-0.2, -0.15) is 6.67 Å². The zero-order valence-electron chi connectivity index (χ0n) is 6.06. The summed E-state index contributed by atoms with van der Waals surface area (Å²) in [4.78, 5) is 0. The fourth-order valence-electron chi connectivity index (χ4n) is 0.866. The van der Waals surface area contributed by atoms with E-state index >= 15 is 0 Å². The Hall–Kier alpha value is -0.110. The number of halogens is 1. The van der Waals surface area contributed by atoms with Crippen LogP contribution in [0, 0.1) is 6.67 Å².